The Balaban J connectivity index is 1.71. The zero-order chi connectivity index (χ0) is 11.0. The van der Waals surface area contributed by atoms with E-state index in [2.05, 4.69) is 27.0 Å². The van der Waals surface area contributed by atoms with Crippen LogP contribution in [0.1, 0.15) is 30.9 Å². The van der Waals surface area contributed by atoms with Gasteiger partial charge in [-0.25, -0.2) is 0 Å². The molecule has 1 aliphatic carbocycles. The van der Waals surface area contributed by atoms with Crippen molar-refractivity contribution >= 4 is 0 Å². The predicted octanol–water partition coefficient (Wildman–Crippen LogP) is 1.15. The van der Waals surface area contributed by atoms with Crippen LogP contribution in [-0.4, -0.2) is 27.9 Å². The van der Waals surface area contributed by atoms with Gasteiger partial charge < -0.3 is 9.88 Å². The van der Waals surface area contributed by atoms with E-state index in [1.165, 1.54) is 31.6 Å². The number of rotatable bonds is 4. The van der Waals surface area contributed by atoms with E-state index in [0.717, 1.165) is 37.2 Å². The zero-order valence-electron chi connectivity index (χ0n) is 9.95. The molecule has 4 heteroatoms. The van der Waals surface area contributed by atoms with Gasteiger partial charge in [0.2, 0.25) is 0 Å². The molecule has 0 spiro atoms. The van der Waals surface area contributed by atoms with Crippen molar-refractivity contribution in [3.63, 3.8) is 0 Å². The van der Waals surface area contributed by atoms with Gasteiger partial charge in [0.25, 0.3) is 0 Å². The van der Waals surface area contributed by atoms with Gasteiger partial charge in [-0.15, -0.1) is 10.2 Å². The summed E-state index contributed by atoms with van der Waals surface area (Å²) in [4.78, 5) is 0. The smallest absolute Gasteiger partial charge is 0.133 e. The number of nitrogens with one attached hydrogen (secondary N) is 1. The third-order valence-corrected chi connectivity index (χ3v) is 3.78. The monoisotopic (exact) mass is 220 g/mol. The molecule has 4 nitrogen and oxygen atoms in total. The minimum Gasteiger partial charge on any atom is -0.316 e. The molecule has 0 amide bonds. The molecule has 1 aromatic rings. The fraction of sp³-hybridized carbons (Fsp3) is 0.833. The number of aryl methyl sites for hydroxylation is 1. The standard InChI is InChI=1S/C12H20N4/c1-9-14-15-12(6-11-4-5-13-7-11)16(9)8-10-2-3-10/h10-11,13H,2-8H2,1H3. The molecule has 1 saturated heterocycles. The molecule has 3 rings (SSSR count). The summed E-state index contributed by atoms with van der Waals surface area (Å²) in [7, 11) is 0. The van der Waals surface area contributed by atoms with Gasteiger partial charge in [-0.3, -0.25) is 0 Å². The molecule has 1 unspecified atom stereocenters. The Labute approximate surface area is 96.4 Å². The van der Waals surface area contributed by atoms with Crippen molar-refractivity contribution in [2.75, 3.05) is 13.1 Å². The predicted molar refractivity (Wildman–Crippen MR) is 62.2 cm³/mol. The Hall–Kier alpha value is -0.900. The van der Waals surface area contributed by atoms with Gasteiger partial charge in [-0.05, 0) is 51.1 Å². The molecule has 1 aromatic heterocycles. The highest BCUT2D eigenvalue weighted by Gasteiger charge is 2.25. The van der Waals surface area contributed by atoms with Gasteiger partial charge in [-0.2, -0.15) is 0 Å². The highest BCUT2D eigenvalue weighted by molar-refractivity contribution is 4.98. The SMILES string of the molecule is Cc1nnc(CC2CCNC2)n1CC1CC1. The fourth-order valence-electron chi connectivity index (χ4n) is 2.52. The van der Waals surface area contributed by atoms with Crippen LogP contribution in [0, 0.1) is 18.8 Å². The summed E-state index contributed by atoms with van der Waals surface area (Å²) in [5.41, 5.74) is 0. The minimum absolute atomic E-state index is 0.765. The van der Waals surface area contributed by atoms with Gasteiger partial charge in [0, 0.05) is 13.0 Å². The largest absolute Gasteiger partial charge is 0.316 e. The van der Waals surface area contributed by atoms with Gasteiger partial charge in [0.1, 0.15) is 11.6 Å². The number of nitrogens with zero attached hydrogens (tertiary/aromatic N) is 3. The van der Waals surface area contributed by atoms with Crippen LogP contribution in [0.15, 0.2) is 0 Å². The van der Waals surface area contributed by atoms with Crippen molar-refractivity contribution in [1.82, 2.24) is 20.1 Å². The Morgan fingerprint density at radius 2 is 2.12 bits per heavy atom. The van der Waals surface area contributed by atoms with Crippen molar-refractivity contribution in [2.45, 2.75) is 39.2 Å². The molecule has 0 aromatic carbocycles. The van der Waals surface area contributed by atoms with Crippen LogP contribution in [0.5, 0.6) is 0 Å². The first-order valence-electron chi connectivity index (χ1n) is 6.42. The quantitative estimate of drug-likeness (QED) is 0.827. The highest BCUT2D eigenvalue weighted by Crippen LogP contribution is 2.31. The van der Waals surface area contributed by atoms with Crippen LogP contribution in [0.3, 0.4) is 0 Å². The second-order valence-electron chi connectivity index (χ2n) is 5.28. The second-order valence-corrected chi connectivity index (χ2v) is 5.28. The van der Waals surface area contributed by atoms with Crippen LogP contribution in [0.2, 0.25) is 0 Å². The third kappa shape index (κ3) is 2.12. The Kier molecular flexibility index (Phi) is 2.67. The lowest BCUT2D eigenvalue weighted by molar-refractivity contribution is 0.515. The molecule has 2 aliphatic rings. The number of aromatic nitrogens is 3. The van der Waals surface area contributed by atoms with E-state index in [0.29, 0.717) is 0 Å². The molecule has 16 heavy (non-hydrogen) atoms. The van der Waals surface area contributed by atoms with Gasteiger partial charge in [0.15, 0.2) is 0 Å². The molecule has 88 valence electrons. The van der Waals surface area contributed by atoms with Crippen LogP contribution in [-0.2, 0) is 13.0 Å². The van der Waals surface area contributed by atoms with Gasteiger partial charge >= 0.3 is 0 Å². The van der Waals surface area contributed by atoms with E-state index >= 15 is 0 Å². The van der Waals surface area contributed by atoms with E-state index < -0.39 is 0 Å². The van der Waals surface area contributed by atoms with E-state index in [-0.39, 0.29) is 0 Å². The van der Waals surface area contributed by atoms with Crippen molar-refractivity contribution in [2.24, 2.45) is 11.8 Å². The molecule has 2 fully saturated rings. The summed E-state index contributed by atoms with van der Waals surface area (Å²) in [6, 6.07) is 0. The average molecular weight is 220 g/mol. The summed E-state index contributed by atoms with van der Waals surface area (Å²) >= 11 is 0. The topological polar surface area (TPSA) is 42.7 Å². The van der Waals surface area contributed by atoms with Crippen LogP contribution in [0.4, 0.5) is 0 Å². The third-order valence-electron chi connectivity index (χ3n) is 3.78. The molecule has 2 heterocycles. The summed E-state index contributed by atoms with van der Waals surface area (Å²) in [6.45, 7) is 5.54. The molecule has 1 N–H and O–H groups in total. The van der Waals surface area contributed by atoms with Gasteiger partial charge in [-0.1, -0.05) is 0 Å². The fourth-order valence-corrected chi connectivity index (χ4v) is 2.52. The first-order chi connectivity index (χ1) is 7.83. The summed E-state index contributed by atoms with van der Waals surface area (Å²) in [5.74, 6) is 3.96. The molecular formula is C12H20N4. The normalized spacial score (nSPS) is 25.2. The van der Waals surface area contributed by atoms with Gasteiger partial charge in [0.05, 0.1) is 0 Å². The van der Waals surface area contributed by atoms with E-state index in [1.807, 2.05) is 0 Å². The lowest BCUT2D eigenvalue weighted by Gasteiger charge is -2.10. The maximum absolute atomic E-state index is 4.35. The maximum Gasteiger partial charge on any atom is 0.133 e. The number of hydrogen-bond acceptors (Lipinski definition) is 3. The number of hydrogen-bond donors (Lipinski definition) is 1. The molecule has 1 atom stereocenters. The van der Waals surface area contributed by atoms with Crippen molar-refractivity contribution in [3.05, 3.63) is 11.6 Å². The lowest BCUT2D eigenvalue weighted by atomic mass is 10.0. The van der Waals surface area contributed by atoms with Crippen molar-refractivity contribution in [3.8, 4) is 0 Å². The van der Waals surface area contributed by atoms with Crippen LogP contribution < -0.4 is 5.32 Å². The molecular weight excluding hydrogens is 200 g/mol. The minimum atomic E-state index is 0.765. The van der Waals surface area contributed by atoms with Crippen LogP contribution in [0.25, 0.3) is 0 Å². The summed E-state index contributed by atoms with van der Waals surface area (Å²) < 4.78 is 2.34. The summed E-state index contributed by atoms with van der Waals surface area (Å²) in [6.07, 6.45) is 5.17. The highest BCUT2D eigenvalue weighted by atomic mass is 15.3. The first kappa shape index (κ1) is 10.3. The Morgan fingerprint density at radius 3 is 2.81 bits per heavy atom. The maximum atomic E-state index is 4.35. The zero-order valence-corrected chi connectivity index (χ0v) is 9.95. The van der Waals surface area contributed by atoms with Crippen LogP contribution >= 0.6 is 0 Å². The van der Waals surface area contributed by atoms with Crippen molar-refractivity contribution in [1.29, 1.82) is 0 Å². The van der Waals surface area contributed by atoms with E-state index in [4.69, 9.17) is 0 Å². The molecule has 0 bridgehead atoms. The van der Waals surface area contributed by atoms with E-state index in [1.54, 1.807) is 0 Å². The summed E-state index contributed by atoms with van der Waals surface area (Å²) in [5, 5.41) is 12.0. The molecule has 1 saturated carbocycles. The Bertz CT molecular complexity index is 361. The molecule has 1 aliphatic heterocycles. The lowest BCUT2D eigenvalue weighted by Crippen LogP contribution is -2.15. The average Bonchev–Trinajstić information content (AvgIpc) is 2.84. The Morgan fingerprint density at radius 1 is 1.25 bits per heavy atom. The van der Waals surface area contributed by atoms with E-state index in [9.17, 15) is 0 Å². The van der Waals surface area contributed by atoms with Crippen molar-refractivity contribution < 1.29 is 0 Å². The molecule has 0 radical (unpaired) electrons. The second kappa shape index (κ2) is 4.17. The first-order valence-corrected chi connectivity index (χ1v) is 6.42.